The van der Waals surface area contributed by atoms with Crippen molar-refractivity contribution in [2.75, 3.05) is 7.11 Å². The van der Waals surface area contributed by atoms with Crippen LogP contribution in [-0.4, -0.2) is 7.11 Å². The Morgan fingerprint density at radius 1 is 1.23 bits per heavy atom. The molecule has 0 saturated heterocycles. The van der Waals surface area contributed by atoms with Crippen molar-refractivity contribution in [2.45, 2.75) is 0 Å². The highest BCUT2D eigenvalue weighted by molar-refractivity contribution is 7.20. The number of thiophene rings is 1. The Labute approximate surface area is 89.8 Å². The normalized spacial score (nSPS) is 10.7. The second-order valence-corrected chi connectivity index (χ2v) is 4.46. The van der Waals surface area contributed by atoms with Gasteiger partial charge in [0.15, 0.2) is 5.06 Å². The molecule has 0 spiro atoms. The topological polar surface area (TPSA) is 9.23 Å². The average Bonchev–Trinajstić information content (AvgIpc) is 2.47. The van der Waals surface area contributed by atoms with Gasteiger partial charge in [0.05, 0.1) is 12.1 Å². The summed E-state index contributed by atoms with van der Waals surface area (Å²) < 4.78 is 6.16. The quantitative estimate of drug-likeness (QED) is 0.716. The number of rotatable bonds is 1. The molecule has 0 radical (unpaired) electrons. The summed E-state index contributed by atoms with van der Waals surface area (Å²) in [6.07, 6.45) is 0. The van der Waals surface area contributed by atoms with E-state index in [1.54, 1.807) is 13.2 Å². The van der Waals surface area contributed by atoms with Crippen molar-refractivity contribution in [3.63, 3.8) is 0 Å². The van der Waals surface area contributed by atoms with E-state index in [0.29, 0.717) is 10.0 Å². The third-order valence-corrected chi connectivity index (χ3v) is 3.30. The van der Waals surface area contributed by atoms with Crippen LogP contribution in [0.3, 0.4) is 0 Å². The molecule has 1 aromatic heterocycles. The van der Waals surface area contributed by atoms with Crippen LogP contribution in [0.15, 0.2) is 18.2 Å². The smallest absolute Gasteiger partial charge is 0.174 e. The monoisotopic (exact) mass is 232 g/mol. The molecule has 2 rings (SSSR count). The molecular formula is C9H6Cl2OS. The Bertz CT molecular complexity index is 450. The van der Waals surface area contributed by atoms with Crippen LogP contribution < -0.4 is 4.74 Å². The molecule has 1 aromatic carbocycles. The van der Waals surface area contributed by atoms with E-state index in [-0.39, 0.29) is 0 Å². The zero-order valence-corrected chi connectivity index (χ0v) is 9.13. The number of ether oxygens (including phenoxy) is 1. The molecule has 0 aliphatic carbocycles. The molecule has 0 aliphatic rings. The van der Waals surface area contributed by atoms with Gasteiger partial charge in [0.1, 0.15) is 0 Å². The summed E-state index contributed by atoms with van der Waals surface area (Å²) in [7, 11) is 1.64. The maximum absolute atomic E-state index is 6.00. The highest BCUT2D eigenvalue weighted by Gasteiger charge is 2.06. The Balaban J connectivity index is 2.75. The fourth-order valence-corrected chi connectivity index (χ4v) is 2.75. The minimum atomic E-state index is 0.655. The summed E-state index contributed by atoms with van der Waals surface area (Å²) >= 11 is 13.4. The fraction of sp³-hybridized carbons (Fsp3) is 0.111. The van der Waals surface area contributed by atoms with E-state index in [1.165, 1.54) is 11.3 Å². The summed E-state index contributed by atoms with van der Waals surface area (Å²) in [5.41, 5.74) is 0. The van der Waals surface area contributed by atoms with Crippen molar-refractivity contribution in [3.05, 3.63) is 28.2 Å². The standard InChI is InChI=1S/C9H6Cl2OS/c1-12-9-4-6-7(11)2-5(10)3-8(6)13-9/h2-4H,1H3. The molecule has 1 nitrogen and oxygen atoms in total. The Morgan fingerprint density at radius 2 is 2.00 bits per heavy atom. The molecule has 0 unspecified atom stereocenters. The first kappa shape index (κ1) is 9.13. The summed E-state index contributed by atoms with van der Waals surface area (Å²) in [5.74, 6) is 0. The minimum Gasteiger partial charge on any atom is -0.487 e. The van der Waals surface area contributed by atoms with Crippen molar-refractivity contribution < 1.29 is 4.74 Å². The molecule has 13 heavy (non-hydrogen) atoms. The first-order chi connectivity index (χ1) is 6.20. The number of methoxy groups -OCH3 is 1. The highest BCUT2D eigenvalue weighted by Crippen LogP contribution is 2.37. The van der Waals surface area contributed by atoms with Gasteiger partial charge in [0.25, 0.3) is 0 Å². The molecule has 0 saturated carbocycles. The SMILES string of the molecule is COc1cc2c(Cl)cc(Cl)cc2s1. The number of benzene rings is 1. The molecule has 68 valence electrons. The van der Waals surface area contributed by atoms with Gasteiger partial charge in [0, 0.05) is 21.2 Å². The number of halogens is 2. The van der Waals surface area contributed by atoms with E-state index < -0.39 is 0 Å². The summed E-state index contributed by atoms with van der Waals surface area (Å²) in [5, 5.41) is 3.16. The predicted molar refractivity (Wildman–Crippen MR) is 58.4 cm³/mol. The summed E-state index contributed by atoms with van der Waals surface area (Å²) in [6, 6.07) is 5.53. The first-order valence-electron chi connectivity index (χ1n) is 3.63. The summed E-state index contributed by atoms with van der Waals surface area (Å²) in [4.78, 5) is 0. The molecule has 0 amide bonds. The van der Waals surface area contributed by atoms with Crippen molar-refractivity contribution >= 4 is 44.6 Å². The molecule has 2 aromatic rings. The Hall–Kier alpha value is -0.440. The van der Waals surface area contributed by atoms with Gasteiger partial charge < -0.3 is 4.74 Å². The maximum atomic E-state index is 6.00. The van der Waals surface area contributed by atoms with Crippen molar-refractivity contribution in [1.29, 1.82) is 0 Å². The molecule has 4 heteroatoms. The lowest BCUT2D eigenvalue weighted by molar-refractivity contribution is 0.427. The molecular weight excluding hydrogens is 227 g/mol. The van der Waals surface area contributed by atoms with Crippen LogP contribution in [0.2, 0.25) is 10.0 Å². The van der Waals surface area contributed by atoms with E-state index >= 15 is 0 Å². The van der Waals surface area contributed by atoms with Gasteiger partial charge in [-0.25, -0.2) is 0 Å². The van der Waals surface area contributed by atoms with Crippen LogP contribution in [-0.2, 0) is 0 Å². The van der Waals surface area contributed by atoms with Crippen molar-refractivity contribution in [1.82, 2.24) is 0 Å². The van der Waals surface area contributed by atoms with E-state index in [2.05, 4.69) is 0 Å². The van der Waals surface area contributed by atoms with Crippen molar-refractivity contribution in [3.8, 4) is 5.06 Å². The Morgan fingerprint density at radius 3 is 2.69 bits per heavy atom. The van der Waals surface area contributed by atoms with Gasteiger partial charge in [-0.3, -0.25) is 0 Å². The lowest BCUT2D eigenvalue weighted by Gasteiger charge is -1.93. The lowest BCUT2D eigenvalue weighted by atomic mass is 10.3. The fourth-order valence-electron chi connectivity index (χ4n) is 1.14. The van der Waals surface area contributed by atoms with E-state index in [4.69, 9.17) is 27.9 Å². The maximum Gasteiger partial charge on any atom is 0.174 e. The minimum absolute atomic E-state index is 0.655. The zero-order valence-electron chi connectivity index (χ0n) is 6.80. The Kier molecular flexibility index (Phi) is 2.37. The second kappa shape index (κ2) is 3.37. The van der Waals surface area contributed by atoms with Crippen LogP contribution >= 0.6 is 34.5 Å². The molecule has 0 bridgehead atoms. The van der Waals surface area contributed by atoms with Gasteiger partial charge in [-0.2, -0.15) is 0 Å². The zero-order chi connectivity index (χ0) is 9.42. The molecule has 0 atom stereocenters. The van der Waals surface area contributed by atoms with Gasteiger partial charge in [-0.1, -0.05) is 34.5 Å². The van der Waals surface area contributed by atoms with Gasteiger partial charge >= 0.3 is 0 Å². The van der Waals surface area contributed by atoms with Crippen LogP contribution in [0.5, 0.6) is 5.06 Å². The molecule has 0 fully saturated rings. The first-order valence-corrected chi connectivity index (χ1v) is 5.20. The third kappa shape index (κ3) is 1.62. The van der Waals surface area contributed by atoms with E-state index in [1.807, 2.05) is 12.1 Å². The van der Waals surface area contributed by atoms with Crippen LogP contribution in [0, 0.1) is 0 Å². The second-order valence-electron chi connectivity index (χ2n) is 2.57. The van der Waals surface area contributed by atoms with E-state index in [9.17, 15) is 0 Å². The molecule has 0 aliphatic heterocycles. The van der Waals surface area contributed by atoms with Crippen LogP contribution in [0.1, 0.15) is 0 Å². The molecule has 0 N–H and O–H groups in total. The largest absolute Gasteiger partial charge is 0.487 e. The predicted octanol–water partition coefficient (Wildman–Crippen LogP) is 4.22. The summed E-state index contributed by atoms with van der Waals surface area (Å²) in [6.45, 7) is 0. The molecule has 1 heterocycles. The van der Waals surface area contributed by atoms with Gasteiger partial charge in [0.2, 0.25) is 0 Å². The van der Waals surface area contributed by atoms with Crippen molar-refractivity contribution in [2.24, 2.45) is 0 Å². The lowest BCUT2D eigenvalue weighted by Crippen LogP contribution is -1.73. The van der Waals surface area contributed by atoms with Crippen LogP contribution in [0.4, 0.5) is 0 Å². The highest BCUT2D eigenvalue weighted by atomic mass is 35.5. The van der Waals surface area contributed by atoms with Crippen LogP contribution in [0.25, 0.3) is 10.1 Å². The number of fused-ring (bicyclic) bond motifs is 1. The number of hydrogen-bond donors (Lipinski definition) is 0. The van der Waals surface area contributed by atoms with Gasteiger partial charge in [-0.05, 0) is 12.1 Å². The average molecular weight is 233 g/mol. The third-order valence-electron chi connectivity index (χ3n) is 1.73. The van der Waals surface area contributed by atoms with Gasteiger partial charge in [-0.15, -0.1) is 0 Å². The number of hydrogen-bond acceptors (Lipinski definition) is 2. The van der Waals surface area contributed by atoms with E-state index in [0.717, 1.165) is 15.1 Å².